The van der Waals surface area contributed by atoms with Crippen molar-refractivity contribution in [1.29, 1.82) is 0 Å². The van der Waals surface area contributed by atoms with Crippen LogP contribution in [0, 0.1) is 5.92 Å². The molecule has 0 saturated carbocycles. The third-order valence-corrected chi connectivity index (χ3v) is 6.25. The summed E-state index contributed by atoms with van der Waals surface area (Å²) in [5, 5.41) is 0. The highest BCUT2D eigenvalue weighted by molar-refractivity contribution is 5.92. The van der Waals surface area contributed by atoms with E-state index < -0.39 is 17.9 Å². The number of unbranched alkanes of at least 4 members (excludes halogenated alkanes) is 3. The SMILES string of the molecule is CCC(C)C(=O)OCCCCCCOc1ccc(C(=O)Oc2ccc(C(=O)Oc3ccc(OC(C)=O)cc3)cc2)cc1. The molecule has 9 heteroatoms. The normalized spacial score (nSPS) is 11.2. The monoisotopic (exact) mass is 576 g/mol. The van der Waals surface area contributed by atoms with Gasteiger partial charge in [0.15, 0.2) is 0 Å². The van der Waals surface area contributed by atoms with Gasteiger partial charge in [0.05, 0.1) is 30.3 Å². The van der Waals surface area contributed by atoms with Gasteiger partial charge in [0.2, 0.25) is 0 Å². The molecular weight excluding hydrogens is 540 g/mol. The molecule has 1 atom stereocenters. The largest absolute Gasteiger partial charge is 0.494 e. The molecule has 0 saturated heterocycles. The van der Waals surface area contributed by atoms with Crippen LogP contribution in [-0.4, -0.2) is 37.1 Å². The Morgan fingerprint density at radius 2 is 1.02 bits per heavy atom. The first kappa shape index (κ1) is 31.9. The lowest BCUT2D eigenvalue weighted by molar-refractivity contribution is -0.148. The second kappa shape index (κ2) is 16.6. The minimum atomic E-state index is -0.591. The lowest BCUT2D eigenvalue weighted by Gasteiger charge is -2.09. The van der Waals surface area contributed by atoms with Crippen LogP contribution < -0.4 is 18.9 Å². The Hall–Kier alpha value is -4.66. The number of carbonyl (C=O) groups is 4. The zero-order valence-electron chi connectivity index (χ0n) is 24.1. The number of ether oxygens (including phenoxy) is 5. The standard InChI is InChI=1S/C33H36O9/c1-4-23(2)31(35)39-22-8-6-5-7-21-38-27-13-9-25(10-14-27)32(36)41-29-15-11-26(12-16-29)33(37)42-30-19-17-28(18-20-30)40-24(3)34/h9-20,23H,4-8,21-22H2,1-3H3. The molecule has 0 aromatic heterocycles. The quantitative estimate of drug-likeness (QED) is 0.112. The van der Waals surface area contributed by atoms with Gasteiger partial charge in [0.1, 0.15) is 23.0 Å². The summed E-state index contributed by atoms with van der Waals surface area (Å²) in [4.78, 5) is 47.6. The fourth-order valence-electron chi connectivity index (χ4n) is 3.65. The summed E-state index contributed by atoms with van der Waals surface area (Å²) in [6.07, 6.45) is 4.41. The summed E-state index contributed by atoms with van der Waals surface area (Å²) < 4.78 is 26.7. The minimum absolute atomic E-state index is 0.0511. The molecule has 0 radical (unpaired) electrons. The summed E-state index contributed by atoms with van der Waals surface area (Å²) in [6.45, 7) is 6.13. The number of hydrogen-bond donors (Lipinski definition) is 0. The first-order chi connectivity index (χ1) is 20.2. The molecule has 0 bridgehead atoms. The molecular formula is C33H36O9. The second-order valence-corrected chi connectivity index (χ2v) is 9.63. The van der Waals surface area contributed by atoms with Crippen molar-refractivity contribution in [3.8, 4) is 23.0 Å². The summed E-state index contributed by atoms with van der Waals surface area (Å²) >= 11 is 0. The molecule has 0 aliphatic heterocycles. The third kappa shape index (κ3) is 10.7. The molecule has 9 nitrogen and oxygen atoms in total. The van der Waals surface area contributed by atoms with Gasteiger partial charge in [-0.3, -0.25) is 9.59 Å². The van der Waals surface area contributed by atoms with Gasteiger partial charge < -0.3 is 23.7 Å². The van der Waals surface area contributed by atoms with Crippen molar-refractivity contribution in [2.24, 2.45) is 5.92 Å². The van der Waals surface area contributed by atoms with Gasteiger partial charge >= 0.3 is 23.9 Å². The highest BCUT2D eigenvalue weighted by atomic mass is 16.5. The van der Waals surface area contributed by atoms with E-state index in [-0.39, 0.29) is 28.9 Å². The van der Waals surface area contributed by atoms with E-state index in [0.717, 1.165) is 32.1 Å². The Bertz CT molecular complexity index is 1310. The molecule has 222 valence electrons. The minimum Gasteiger partial charge on any atom is -0.494 e. The number of esters is 4. The maximum Gasteiger partial charge on any atom is 0.343 e. The second-order valence-electron chi connectivity index (χ2n) is 9.63. The highest BCUT2D eigenvalue weighted by Gasteiger charge is 2.13. The van der Waals surface area contributed by atoms with Crippen LogP contribution in [0.25, 0.3) is 0 Å². The fraction of sp³-hybridized carbons (Fsp3) is 0.333. The third-order valence-electron chi connectivity index (χ3n) is 6.25. The molecule has 3 aromatic carbocycles. The van der Waals surface area contributed by atoms with Crippen molar-refractivity contribution in [2.45, 2.75) is 52.9 Å². The molecule has 0 aliphatic carbocycles. The fourth-order valence-corrected chi connectivity index (χ4v) is 3.65. The highest BCUT2D eigenvalue weighted by Crippen LogP contribution is 2.21. The average Bonchev–Trinajstić information content (AvgIpc) is 2.99. The molecule has 1 unspecified atom stereocenters. The van der Waals surface area contributed by atoms with Gasteiger partial charge in [-0.1, -0.05) is 13.8 Å². The zero-order valence-corrected chi connectivity index (χ0v) is 24.1. The summed E-state index contributed by atoms with van der Waals surface area (Å²) in [6, 6.07) is 18.7. The average molecular weight is 577 g/mol. The topological polar surface area (TPSA) is 114 Å². The van der Waals surface area contributed by atoms with Crippen LogP contribution in [0.3, 0.4) is 0 Å². The number of benzene rings is 3. The number of hydrogen-bond acceptors (Lipinski definition) is 9. The van der Waals surface area contributed by atoms with E-state index in [2.05, 4.69) is 0 Å². The molecule has 42 heavy (non-hydrogen) atoms. The molecule has 0 fully saturated rings. The Labute approximate surface area is 245 Å². The predicted octanol–water partition coefficient (Wildman–Crippen LogP) is 6.58. The molecule has 3 aromatic rings. The molecule has 3 rings (SSSR count). The van der Waals surface area contributed by atoms with E-state index in [0.29, 0.717) is 30.3 Å². The lowest BCUT2D eigenvalue weighted by atomic mass is 10.1. The van der Waals surface area contributed by atoms with Crippen LogP contribution in [0.15, 0.2) is 72.8 Å². The molecule has 0 aliphatic rings. The van der Waals surface area contributed by atoms with Crippen molar-refractivity contribution >= 4 is 23.9 Å². The van der Waals surface area contributed by atoms with Gasteiger partial charge in [0, 0.05) is 6.92 Å². The molecule has 0 heterocycles. The van der Waals surface area contributed by atoms with Gasteiger partial charge in [-0.05, 0) is 105 Å². The van der Waals surface area contributed by atoms with E-state index in [1.54, 1.807) is 24.3 Å². The first-order valence-electron chi connectivity index (χ1n) is 14.0. The van der Waals surface area contributed by atoms with Crippen LogP contribution in [-0.2, 0) is 14.3 Å². The van der Waals surface area contributed by atoms with Crippen LogP contribution in [0.4, 0.5) is 0 Å². The van der Waals surface area contributed by atoms with Gasteiger partial charge in [-0.15, -0.1) is 0 Å². The lowest BCUT2D eigenvalue weighted by Crippen LogP contribution is -2.14. The van der Waals surface area contributed by atoms with Crippen molar-refractivity contribution in [3.05, 3.63) is 83.9 Å². The molecule has 0 N–H and O–H groups in total. The maximum atomic E-state index is 12.5. The van der Waals surface area contributed by atoms with Crippen LogP contribution >= 0.6 is 0 Å². The van der Waals surface area contributed by atoms with Crippen LogP contribution in [0.5, 0.6) is 23.0 Å². The Balaban J connectivity index is 1.36. The van der Waals surface area contributed by atoms with Gasteiger partial charge in [-0.25, -0.2) is 9.59 Å². The summed E-state index contributed by atoms with van der Waals surface area (Å²) in [5.74, 6) is -0.204. The summed E-state index contributed by atoms with van der Waals surface area (Å²) in [7, 11) is 0. The maximum absolute atomic E-state index is 12.5. The number of rotatable bonds is 15. The number of carbonyl (C=O) groups excluding carboxylic acids is 4. The van der Waals surface area contributed by atoms with E-state index in [4.69, 9.17) is 23.7 Å². The Morgan fingerprint density at radius 3 is 1.50 bits per heavy atom. The Morgan fingerprint density at radius 1 is 0.595 bits per heavy atom. The van der Waals surface area contributed by atoms with E-state index >= 15 is 0 Å². The van der Waals surface area contributed by atoms with Crippen LogP contribution in [0.2, 0.25) is 0 Å². The van der Waals surface area contributed by atoms with Gasteiger partial charge in [-0.2, -0.15) is 0 Å². The summed E-state index contributed by atoms with van der Waals surface area (Å²) in [5.41, 5.74) is 0.625. The van der Waals surface area contributed by atoms with E-state index in [1.807, 2.05) is 13.8 Å². The van der Waals surface area contributed by atoms with Crippen molar-refractivity contribution in [3.63, 3.8) is 0 Å². The van der Waals surface area contributed by atoms with Crippen LogP contribution in [0.1, 0.15) is 73.6 Å². The predicted molar refractivity (Wildman–Crippen MR) is 155 cm³/mol. The zero-order chi connectivity index (χ0) is 30.3. The van der Waals surface area contributed by atoms with E-state index in [1.165, 1.54) is 55.5 Å². The smallest absolute Gasteiger partial charge is 0.343 e. The first-order valence-corrected chi connectivity index (χ1v) is 14.0. The van der Waals surface area contributed by atoms with E-state index in [9.17, 15) is 19.2 Å². The molecule has 0 amide bonds. The van der Waals surface area contributed by atoms with Gasteiger partial charge in [0.25, 0.3) is 0 Å². The van der Waals surface area contributed by atoms with Crippen molar-refractivity contribution in [2.75, 3.05) is 13.2 Å². The Kier molecular flexibility index (Phi) is 12.6. The van der Waals surface area contributed by atoms with Crippen molar-refractivity contribution in [1.82, 2.24) is 0 Å². The molecule has 0 spiro atoms. The van der Waals surface area contributed by atoms with Crippen molar-refractivity contribution < 1.29 is 42.9 Å².